The van der Waals surface area contributed by atoms with Gasteiger partial charge in [0.2, 0.25) is 0 Å². The fourth-order valence-electron chi connectivity index (χ4n) is 2.95. The van der Waals surface area contributed by atoms with Gasteiger partial charge in [-0.3, -0.25) is 0 Å². The lowest BCUT2D eigenvalue weighted by molar-refractivity contribution is 0.535. The Morgan fingerprint density at radius 3 is 3.00 bits per heavy atom. The molecule has 1 aromatic heterocycles. The lowest BCUT2D eigenvalue weighted by Crippen LogP contribution is -2.39. The Morgan fingerprint density at radius 2 is 2.21 bits per heavy atom. The maximum Gasteiger partial charge on any atom is 0.111 e. The molecule has 1 aliphatic carbocycles. The van der Waals surface area contributed by atoms with E-state index in [1.807, 2.05) is 0 Å². The minimum absolute atomic E-state index is 0.591. The van der Waals surface area contributed by atoms with Crippen LogP contribution in [0.15, 0.2) is 24.3 Å². The number of imidazole rings is 1. The molecule has 2 aliphatic rings. The Hall–Kier alpha value is -1.00. The van der Waals surface area contributed by atoms with E-state index in [4.69, 9.17) is 4.98 Å². The van der Waals surface area contributed by atoms with Crippen molar-refractivity contribution in [2.45, 2.75) is 31.3 Å². The average molecular weight is 273 g/mol. The molecule has 2 aromatic rings. The third kappa shape index (κ3) is 2.28. The van der Waals surface area contributed by atoms with Gasteiger partial charge >= 0.3 is 0 Å². The third-order valence-corrected chi connectivity index (χ3v) is 5.14. The quantitative estimate of drug-likeness (QED) is 0.932. The van der Waals surface area contributed by atoms with Crippen molar-refractivity contribution in [2.75, 3.05) is 18.1 Å². The van der Waals surface area contributed by atoms with Crippen molar-refractivity contribution >= 4 is 22.8 Å². The number of nitrogens with zero attached hydrogens (tertiary/aromatic N) is 2. The molecule has 19 heavy (non-hydrogen) atoms. The molecule has 2 fully saturated rings. The molecule has 1 N–H and O–H groups in total. The van der Waals surface area contributed by atoms with E-state index in [9.17, 15) is 0 Å². The van der Waals surface area contributed by atoms with Gasteiger partial charge in [-0.25, -0.2) is 4.98 Å². The van der Waals surface area contributed by atoms with Crippen LogP contribution in [0.5, 0.6) is 0 Å². The monoisotopic (exact) mass is 273 g/mol. The maximum absolute atomic E-state index is 4.88. The molecule has 4 rings (SSSR count). The number of aromatic nitrogens is 2. The summed E-state index contributed by atoms with van der Waals surface area (Å²) in [6, 6.07) is 9.87. The van der Waals surface area contributed by atoms with Crippen LogP contribution in [0.2, 0.25) is 0 Å². The van der Waals surface area contributed by atoms with Crippen LogP contribution in [0.25, 0.3) is 11.0 Å². The number of para-hydroxylation sites is 2. The van der Waals surface area contributed by atoms with E-state index in [0.29, 0.717) is 12.1 Å². The van der Waals surface area contributed by atoms with Gasteiger partial charge in [0.25, 0.3) is 0 Å². The van der Waals surface area contributed by atoms with E-state index in [-0.39, 0.29) is 0 Å². The van der Waals surface area contributed by atoms with Gasteiger partial charge in [-0.15, -0.1) is 0 Å². The predicted molar refractivity (Wildman–Crippen MR) is 80.8 cm³/mol. The van der Waals surface area contributed by atoms with Gasteiger partial charge in [-0.1, -0.05) is 12.1 Å². The summed E-state index contributed by atoms with van der Waals surface area (Å²) in [7, 11) is 0. The van der Waals surface area contributed by atoms with Crippen molar-refractivity contribution in [1.82, 2.24) is 14.9 Å². The summed E-state index contributed by atoms with van der Waals surface area (Å²) in [5.74, 6) is 3.74. The Balaban J connectivity index is 1.69. The van der Waals surface area contributed by atoms with E-state index >= 15 is 0 Å². The molecule has 0 radical (unpaired) electrons. The molecule has 1 aromatic carbocycles. The molecule has 0 bridgehead atoms. The first-order valence-corrected chi connectivity index (χ1v) is 8.34. The molecule has 2 heterocycles. The van der Waals surface area contributed by atoms with Gasteiger partial charge in [0.05, 0.1) is 11.0 Å². The Morgan fingerprint density at radius 1 is 1.32 bits per heavy atom. The molecule has 1 saturated heterocycles. The Kier molecular flexibility index (Phi) is 3.00. The molecule has 3 nitrogen and oxygen atoms in total. The van der Waals surface area contributed by atoms with Crippen LogP contribution in [-0.2, 0) is 6.42 Å². The SMILES string of the molecule is c1ccc2c(c1)nc(CC1CSCCN1)n2C1CC1. The second-order valence-corrected chi connectivity index (χ2v) is 6.70. The van der Waals surface area contributed by atoms with E-state index in [1.165, 1.54) is 35.7 Å². The van der Waals surface area contributed by atoms with Crippen LogP contribution in [-0.4, -0.2) is 33.6 Å². The number of hydrogen-bond acceptors (Lipinski definition) is 3. The van der Waals surface area contributed by atoms with Gasteiger partial charge in [0, 0.05) is 36.6 Å². The molecule has 1 aliphatic heterocycles. The standard InChI is InChI=1S/C15H19N3S/c1-2-4-14-13(3-1)17-15(18(14)12-5-6-12)9-11-10-19-8-7-16-11/h1-4,11-12,16H,5-10H2. The Labute approximate surface area is 117 Å². The highest BCUT2D eigenvalue weighted by molar-refractivity contribution is 7.99. The van der Waals surface area contributed by atoms with Crippen molar-refractivity contribution in [1.29, 1.82) is 0 Å². The summed E-state index contributed by atoms with van der Waals surface area (Å²) in [6.45, 7) is 1.14. The van der Waals surface area contributed by atoms with Crippen molar-refractivity contribution in [3.05, 3.63) is 30.1 Å². The smallest absolute Gasteiger partial charge is 0.111 e. The fraction of sp³-hybridized carbons (Fsp3) is 0.533. The summed E-state index contributed by atoms with van der Waals surface area (Å²) in [5.41, 5.74) is 2.48. The minimum Gasteiger partial charge on any atom is -0.325 e. The number of rotatable bonds is 3. The van der Waals surface area contributed by atoms with Gasteiger partial charge in [0.1, 0.15) is 5.82 Å². The molecule has 1 atom stereocenters. The third-order valence-electron chi connectivity index (χ3n) is 4.01. The van der Waals surface area contributed by atoms with Crippen LogP contribution in [0.3, 0.4) is 0 Å². The van der Waals surface area contributed by atoms with E-state index in [1.54, 1.807) is 0 Å². The molecule has 1 saturated carbocycles. The second-order valence-electron chi connectivity index (χ2n) is 5.55. The van der Waals surface area contributed by atoms with E-state index in [0.717, 1.165) is 18.5 Å². The van der Waals surface area contributed by atoms with E-state index < -0.39 is 0 Å². The summed E-state index contributed by atoms with van der Waals surface area (Å²) >= 11 is 2.06. The number of fused-ring (bicyclic) bond motifs is 1. The van der Waals surface area contributed by atoms with Crippen molar-refractivity contribution in [3.8, 4) is 0 Å². The predicted octanol–water partition coefficient (Wildman–Crippen LogP) is 2.62. The largest absolute Gasteiger partial charge is 0.325 e. The first-order chi connectivity index (χ1) is 9.42. The van der Waals surface area contributed by atoms with E-state index in [2.05, 4.69) is 45.9 Å². The van der Waals surface area contributed by atoms with Crippen molar-refractivity contribution < 1.29 is 0 Å². The van der Waals surface area contributed by atoms with Crippen LogP contribution in [0, 0.1) is 0 Å². The summed E-state index contributed by atoms with van der Waals surface area (Å²) in [5, 5.41) is 3.62. The average Bonchev–Trinajstić information content (AvgIpc) is 3.21. The van der Waals surface area contributed by atoms with Crippen LogP contribution < -0.4 is 5.32 Å². The van der Waals surface area contributed by atoms with Crippen LogP contribution >= 0.6 is 11.8 Å². The molecule has 0 spiro atoms. The number of thioether (sulfide) groups is 1. The zero-order valence-electron chi connectivity index (χ0n) is 11.0. The lowest BCUT2D eigenvalue weighted by Gasteiger charge is -2.23. The molecular formula is C15H19N3S. The number of benzene rings is 1. The maximum atomic E-state index is 4.88. The van der Waals surface area contributed by atoms with Gasteiger partial charge in [-0.2, -0.15) is 11.8 Å². The van der Waals surface area contributed by atoms with Gasteiger partial charge < -0.3 is 9.88 Å². The highest BCUT2D eigenvalue weighted by atomic mass is 32.2. The fourth-order valence-corrected chi connectivity index (χ4v) is 3.90. The summed E-state index contributed by atoms with van der Waals surface area (Å²) in [6.07, 6.45) is 3.71. The molecular weight excluding hydrogens is 254 g/mol. The topological polar surface area (TPSA) is 29.9 Å². The first-order valence-electron chi connectivity index (χ1n) is 7.19. The van der Waals surface area contributed by atoms with Crippen LogP contribution in [0.4, 0.5) is 0 Å². The molecule has 0 amide bonds. The number of nitrogens with one attached hydrogen (secondary N) is 1. The molecule has 100 valence electrons. The van der Waals surface area contributed by atoms with Crippen molar-refractivity contribution in [3.63, 3.8) is 0 Å². The minimum atomic E-state index is 0.591. The summed E-state index contributed by atoms with van der Waals surface area (Å²) in [4.78, 5) is 4.88. The molecule has 4 heteroatoms. The Bertz CT molecular complexity index is 582. The lowest BCUT2D eigenvalue weighted by atomic mass is 10.2. The summed E-state index contributed by atoms with van der Waals surface area (Å²) < 4.78 is 2.50. The molecule has 1 unspecified atom stereocenters. The highest BCUT2D eigenvalue weighted by Crippen LogP contribution is 2.38. The highest BCUT2D eigenvalue weighted by Gasteiger charge is 2.29. The number of hydrogen-bond donors (Lipinski definition) is 1. The van der Waals surface area contributed by atoms with Gasteiger partial charge in [0.15, 0.2) is 0 Å². The first kappa shape index (κ1) is 11.8. The second kappa shape index (κ2) is 4.84. The van der Waals surface area contributed by atoms with Crippen molar-refractivity contribution in [2.24, 2.45) is 0 Å². The zero-order valence-corrected chi connectivity index (χ0v) is 11.8. The normalized spacial score (nSPS) is 23.9. The zero-order chi connectivity index (χ0) is 12.7. The van der Waals surface area contributed by atoms with Crippen LogP contribution in [0.1, 0.15) is 24.7 Å². The van der Waals surface area contributed by atoms with Gasteiger partial charge in [-0.05, 0) is 25.0 Å².